The van der Waals surface area contributed by atoms with Gasteiger partial charge < -0.3 is 4.90 Å². The van der Waals surface area contributed by atoms with Crippen LogP contribution in [0, 0.1) is 0 Å². The van der Waals surface area contributed by atoms with E-state index < -0.39 is 0 Å². The highest BCUT2D eigenvalue weighted by Crippen LogP contribution is 2.44. The van der Waals surface area contributed by atoms with Gasteiger partial charge in [0, 0.05) is 30.5 Å². The molecule has 3 heteroatoms. The Bertz CT molecular complexity index is 418. The van der Waals surface area contributed by atoms with E-state index in [1.807, 2.05) is 37.1 Å². The van der Waals surface area contributed by atoms with Gasteiger partial charge in [0.1, 0.15) is 0 Å². The van der Waals surface area contributed by atoms with E-state index in [-0.39, 0.29) is 5.91 Å². The molecule has 1 amide bonds. The standard InChI is InChI=1S/C14H18ClNO/c1-3-5-14(17)16(2)13-9-12(13)10-6-4-7-11(15)8-10/h4,6-8,12-13H,3,5,9H2,1-2H3. The van der Waals surface area contributed by atoms with Crippen molar-refractivity contribution in [3.05, 3.63) is 34.9 Å². The van der Waals surface area contributed by atoms with E-state index in [4.69, 9.17) is 11.6 Å². The molecule has 1 aromatic carbocycles. The van der Waals surface area contributed by atoms with Gasteiger partial charge in [-0.3, -0.25) is 4.79 Å². The van der Waals surface area contributed by atoms with Crippen LogP contribution >= 0.6 is 11.6 Å². The molecule has 0 heterocycles. The second-order valence-corrected chi connectivity index (χ2v) is 5.16. The Labute approximate surface area is 108 Å². The highest BCUT2D eigenvalue weighted by atomic mass is 35.5. The zero-order chi connectivity index (χ0) is 12.4. The van der Waals surface area contributed by atoms with Gasteiger partial charge >= 0.3 is 0 Å². The van der Waals surface area contributed by atoms with E-state index in [1.165, 1.54) is 5.56 Å². The van der Waals surface area contributed by atoms with Crippen LogP contribution in [0.4, 0.5) is 0 Å². The van der Waals surface area contributed by atoms with Crippen LogP contribution in [-0.2, 0) is 4.79 Å². The summed E-state index contributed by atoms with van der Waals surface area (Å²) in [5.41, 5.74) is 1.25. The van der Waals surface area contributed by atoms with Crippen LogP contribution in [0.1, 0.15) is 37.7 Å². The fraction of sp³-hybridized carbons (Fsp3) is 0.500. The number of benzene rings is 1. The van der Waals surface area contributed by atoms with E-state index in [0.29, 0.717) is 18.4 Å². The van der Waals surface area contributed by atoms with Crippen LogP contribution in [0.5, 0.6) is 0 Å². The van der Waals surface area contributed by atoms with Gasteiger partial charge in [0.25, 0.3) is 0 Å². The largest absolute Gasteiger partial charge is 0.342 e. The van der Waals surface area contributed by atoms with Gasteiger partial charge in [-0.1, -0.05) is 30.7 Å². The monoisotopic (exact) mass is 251 g/mol. The summed E-state index contributed by atoms with van der Waals surface area (Å²) in [4.78, 5) is 13.7. The fourth-order valence-corrected chi connectivity index (χ4v) is 2.48. The maximum atomic E-state index is 11.8. The number of rotatable bonds is 4. The number of halogens is 1. The molecule has 0 saturated heterocycles. The molecule has 0 aliphatic heterocycles. The van der Waals surface area contributed by atoms with Crippen LogP contribution in [-0.4, -0.2) is 23.9 Å². The quantitative estimate of drug-likeness (QED) is 0.803. The third-order valence-electron chi connectivity index (χ3n) is 3.39. The highest BCUT2D eigenvalue weighted by molar-refractivity contribution is 6.30. The molecule has 1 saturated carbocycles. The van der Waals surface area contributed by atoms with E-state index in [0.717, 1.165) is 17.9 Å². The predicted octanol–water partition coefficient (Wildman–Crippen LogP) is 3.45. The Hall–Kier alpha value is -1.02. The molecule has 2 atom stereocenters. The van der Waals surface area contributed by atoms with Crippen molar-refractivity contribution in [2.45, 2.75) is 38.1 Å². The summed E-state index contributed by atoms with van der Waals surface area (Å²) in [6.07, 6.45) is 2.62. The van der Waals surface area contributed by atoms with E-state index >= 15 is 0 Å². The molecule has 92 valence electrons. The van der Waals surface area contributed by atoms with Crippen molar-refractivity contribution in [2.24, 2.45) is 0 Å². The second-order valence-electron chi connectivity index (χ2n) is 4.72. The number of hydrogen-bond acceptors (Lipinski definition) is 1. The first-order valence-electron chi connectivity index (χ1n) is 6.14. The lowest BCUT2D eigenvalue weighted by Crippen LogP contribution is -2.29. The summed E-state index contributed by atoms with van der Waals surface area (Å²) in [7, 11) is 1.91. The minimum Gasteiger partial charge on any atom is -0.342 e. The van der Waals surface area contributed by atoms with Crippen molar-refractivity contribution in [1.82, 2.24) is 4.90 Å². The first-order chi connectivity index (χ1) is 8.13. The number of hydrogen-bond donors (Lipinski definition) is 0. The molecule has 0 spiro atoms. The molecule has 0 N–H and O–H groups in total. The lowest BCUT2D eigenvalue weighted by atomic mass is 10.1. The van der Waals surface area contributed by atoms with Gasteiger partial charge in [0.05, 0.1) is 0 Å². The van der Waals surface area contributed by atoms with Crippen LogP contribution in [0.15, 0.2) is 24.3 Å². The fourth-order valence-electron chi connectivity index (χ4n) is 2.28. The summed E-state index contributed by atoms with van der Waals surface area (Å²) in [5, 5.41) is 0.774. The molecule has 1 aliphatic rings. The van der Waals surface area contributed by atoms with Gasteiger partial charge in [0.15, 0.2) is 0 Å². The van der Waals surface area contributed by atoms with Crippen LogP contribution < -0.4 is 0 Å². The number of likely N-dealkylation sites (N-methyl/N-ethyl adjacent to an activating group) is 1. The van der Waals surface area contributed by atoms with Gasteiger partial charge in [-0.25, -0.2) is 0 Å². The number of amides is 1. The maximum Gasteiger partial charge on any atom is 0.222 e. The topological polar surface area (TPSA) is 20.3 Å². The molecule has 1 fully saturated rings. The van der Waals surface area contributed by atoms with E-state index in [2.05, 4.69) is 6.07 Å². The van der Waals surface area contributed by atoms with Crippen molar-refractivity contribution in [3.8, 4) is 0 Å². The second kappa shape index (κ2) is 5.09. The number of carbonyl (C=O) groups is 1. The first kappa shape index (κ1) is 12.4. The average Bonchev–Trinajstić information content (AvgIpc) is 3.08. The highest BCUT2D eigenvalue weighted by Gasteiger charge is 2.42. The minimum atomic E-state index is 0.252. The zero-order valence-electron chi connectivity index (χ0n) is 10.3. The van der Waals surface area contributed by atoms with Crippen LogP contribution in [0.3, 0.4) is 0 Å². The normalized spacial score (nSPS) is 22.3. The molecule has 0 aromatic heterocycles. The Morgan fingerprint density at radius 1 is 1.53 bits per heavy atom. The molecule has 0 bridgehead atoms. The minimum absolute atomic E-state index is 0.252. The number of carbonyl (C=O) groups excluding carboxylic acids is 1. The Morgan fingerprint density at radius 3 is 2.94 bits per heavy atom. The van der Waals surface area contributed by atoms with Crippen LogP contribution in [0.25, 0.3) is 0 Å². The molecule has 17 heavy (non-hydrogen) atoms. The summed E-state index contributed by atoms with van der Waals surface area (Å²) in [6.45, 7) is 2.03. The lowest BCUT2D eigenvalue weighted by molar-refractivity contribution is -0.130. The van der Waals surface area contributed by atoms with E-state index in [1.54, 1.807) is 0 Å². The van der Waals surface area contributed by atoms with Crippen molar-refractivity contribution in [3.63, 3.8) is 0 Å². The molecule has 2 nitrogen and oxygen atoms in total. The van der Waals surface area contributed by atoms with Crippen molar-refractivity contribution < 1.29 is 4.79 Å². The number of nitrogens with zero attached hydrogens (tertiary/aromatic N) is 1. The smallest absolute Gasteiger partial charge is 0.222 e. The summed E-state index contributed by atoms with van der Waals surface area (Å²) in [6, 6.07) is 8.32. The predicted molar refractivity (Wildman–Crippen MR) is 70.3 cm³/mol. The lowest BCUT2D eigenvalue weighted by Gasteiger charge is -2.17. The van der Waals surface area contributed by atoms with Crippen molar-refractivity contribution >= 4 is 17.5 Å². The Balaban J connectivity index is 1.98. The maximum absolute atomic E-state index is 11.8. The average molecular weight is 252 g/mol. The van der Waals surface area contributed by atoms with Crippen molar-refractivity contribution in [1.29, 1.82) is 0 Å². The molecule has 2 rings (SSSR count). The molecule has 0 radical (unpaired) electrons. The van der Waals surface area contributed by atoms with Crippen LogP contribution in [0.2, 0.25) is 5.02 Å². The molecule has 1 aliphatic carbocycles. The van der Waals surface area contributed by atoms with Gasteiger partial charge in [-0.05, 0) is 30.5 Å². The van der Waals surface area contributed by atoms with Gasteiger partial charge in [-0.15, -0.1) is 0 Å². The molecular formula is C14H18ClNO. The first-order valence-corrected chi connectivity index (χ1v) is 6.52. The molecule has 2 unspecified atom stereocenters. The summed E-state index contributed by atoms with van der Waals surface area (Å²) < 4.78 is 0. The van der Waals surface area contributed by atoms with Gasteiger partial charge in [0.2, 0.25) is 5.91 Å². The third kappa shape index (κ3) is 2.81. The third-order valence-corrected chi connectivity index (χ3v) is 3.62. The summed E-state index contributed by atoms with van der Waals surface area (Å²) >= 11 is 5.98. The SMILES string of the molecule is CCCC(=O)N(C)C1CC1c1cccc(Cl)c1. The molecular weight excluding hydrogens is 234 g/mol. The Morgan fingerprint density at radius 2 is 2.29 bits per heavy atom. The van der Waals surface area contributed by atoms with Crippen molar-refractivity contribution in [2.75, 3.05) is 7.05 Å². The molecule has 1 aromatic rings. The Kier molecular flexibility index (Phi) is 3.72. The van der Waals surface area contributed by atoms with E-state index in [9.17, 15) is 4.79 Å². The zero-order valence-corrected chi connectivity index (χ0v) is 11.1. The summed E-state index contributed by atoms with van der Waals surface area (Å²) in [5.74, 6) is 0.724. The van der Waals surface area contributed by atoms with Gasteiger partial charge in [-0.2, -0.15) is 0 Å².